The topological polar surface area (TPSA) is 32.8 Å². The van der Waals surface area contributed by atoms with Crippen LogP contribution in [-0.2, 0) is 4.74 Å². The van der Waals surface area contributed by atoms with Crippen molar-refractivity contribution in [3.05, 3.63) is 71.8 Å². The van der Waals surface area contributed by atoms with Gasteiger partial charge in [0.05, 0.1) is 6.04 Å². The first-order valence-corrected chi connectivity index (χ1v) is 10.7. The monoisotopic (exact) mass is 392 g/mol. The zero-order chi connectivity index (χ0) is 20.5. The summed E-state index contributed by atoms with van der Waals surface area (Å²) in [6, 6.07) is 21.9. The SMILES string of the molecule is CC(C)(C)OC(=O)N1CC2(CCN(C(c3ccccc3)c3ccccc3)CC2)C1. The smallest absolute Gasteiger partial charge is 0.410 e. The van der Waals surface area contributed by atoms with Gasteiger partial charge in [-0.3, -0.25) is 4.90 Å². The first-order chi connectivity index (χ1) is 13.9. The van der Waals surface area contributed by atoms with Crippen LogP contribution in [0.3, 0.4) is 0 Å². The molecule has 2 saturated heterocycles. The number of carbonyl (C=O) groups excluding carboxylic acids is 1. The third-order valence-corrected chi connectivity index (χ3v) is 6.16. The van der Waals surface area contributed by atoms with Crippen LogP contribution < -0.4 is 0 Å². The predicted octanol–water partition coefficient (Wildman–Crippen LogP) is 5.11. The molecule has 1 amide bonds. The summed E-state index contributed by atoms with van der Waals surface area (Å²) in [6.45, 7) is 9.53. The van der Waals surface area contributed by atoms with Crippen LogP contribution in [0.15, 0.2) is 60.7 Å². The Morgan fingerprint density at radius 3 is 1.83 bits per heavy atom. The summed E-state index contributed by atoms with van der Waals surface area (Å²) in [4.78, 5) is 16.8. The molecule has 0 N–H and O–H groups in total. The third-order valence-electron chi connectivity index (χ3n) is 6.16. The first-order valence-electron chi connectivity index (χ1n) is 10.7. The van der Waals surface area contributed by atoms with Crippen LogP contribution in [0.1, 0.15) is 50.8 Å². The van der Waals surface area contributed by atoms with Crippen LogP contribution in [0, 0.1) is 5.41 Å². The Labute approximate surface area is 174 Å². The predicted molar refractivity (Wildman–Crippen MR) is 116 cm³/mol. The molecular formula is C25H32N2O2. The van der Waals surface area contributed by atoms with Crippen molar-refractivity contribution >= 4 is 6.09 Å². The standard InChI is InChI=1S/C25H32N2O2/c1-24(2,3)29-23(28)27-18-25(19-27)14-16-26(17-15-25)22(20-10-6-4-7-11-20)21-12-8-5-9-13-21/h4-13,22H,14-19H2,1-3H3. The second-order valence-corrected chi connectivity index (χ2v) is 9.60. The van der Waals surface area contributed by atoms with Gasteiger partial charge in [-0.05, 0) is 57.8 Å². The molecule has 29 heavy (non-hydrogen) atoms. The number of hydrogen-bond acceptors (Lipinski definition) is 3. The molecule has 0 bridgehead atoms. The minimum Gasteiger partial charge on any atom is -0.444 e. The fourth-order valence-corrected chi connectivity index (χ4v) is 4.68. The average molecular weight is 393 g/mol. The Bertz CT molecular complexity index is 773. The van der Waals surface area contributed by atoms with Gasteiger partial charge in [0.2, 0.25) is 0 Å². The van der Waals surface area contributed by atoms with E-state index < -0.39 is 5.60 Å². The molecule has 1 spiro atoms. The number of nitrogens with zero attached hydrogens (tertiary/aromatic N) is 2. The highest BCUT2D eigenvalue weighted by molar-refractivity contribution is 5.69. The van der Waals surface area contributed by atoms with E-state index in [0.717, 1.165) is 39.0 Å². The molecule has 0 saturated carbocycles. The van der Waals surface area contributed by atoms with Crippen molar-refractivity contribution in [3.63, 3.8) is 0 Å². The van der Waals surface area contributed by atoms with Gasteiger partial charge >= 0.3 is 6.09 Å². The summed E-state index contributed by atoms with van der Waals surface area (Å²) in [5, 5.41) is 0. The average Bonchev–Trinajstić information content (AvgIpc) is 2.67. The van der Waals surface area contributed by atoms with Gasteiger partial charge in [0, 0.05) is 18.5 Å². The van der Waals surface area contributed by atoms with E-state index in [1.165, 1.54) is 11.1 Å². The second-order valence-electron chi connectivity index (χ2n) is 9.60. The van der Waals surface area contributed by atoms with E-state index in [1.807, 2.05) is 25.7 Å². The van der Waals surface area contributed by atoms with Crippen molar-refractivity contribution in [2.75, 3.05) is 26.2 Å². The maximum atomic E-state index is 12.3. The van der Waals surface area contributed by atoms with Crippen molar-refractivity contribution in [2.24, 2.45) is 5.41 Å². The fourth-order valence-electron chi connectivity index (χ4n) is 4.68. The molecule has 4 heteroatoms. The maximum absolute atomic E-state index is 12.3. The van der Waals surface area contributed by atoms with Crippen molar-refractivity contribution in [3.8, 4) is 0 Å². The minimum absolute atomic E-state index is 0.169. The molecule has 2 aliphatic rings. The number of hydrogen-bond donors (Lipinski definition) is 0. The van der Waals surface area contributed by atoms with Gasteiger partial charge in [0.25, 0.3) is 0 Å². The normalized spacial score (nSPS) is 19.2. The summed E-state index contributed by atoms with van der Waals surface area (Å²) in [7, 11) is 0. The fraction of sp³-hybridized carbons (Fsp3) is 0.480. The van der Waals surface area contributed by atoms with Crippen LogP contribution in [0.25, 0.3) is 0 Å². The number of amides is 1. The highest BCUT2D eigenvalue weighted by atomic mass is 16.6. The second kappa shape index (κ2) is 7.83. The number of piperidine rings is 1. The number of likely N-dealkylation sites (tertiary alicyclic amines) is 2. The van der Waals surface area contributed by atoms with Crippen LogP contribution >= 0.6 is 0 Å². The number of ether oxygens (including phenoxy) is 1. The summed E-state index contributed by atoms with van der Waals surface area (Å²) in [6.07, 6.45) is 2.09. The molecule has 0 radical (unpaired) electrons. The van der Waals surface area contributed by atoms with Crippen molar-refractivity contribution < 1.29 is 9.53 Å². The van der Waals surface area contributed by atoms with E-state index in [-0.39, 0.29) is 17.6 Å². The van der Waals surface area contributed by atoms with E-state index in [1.54, 1.807) is 0 Å². The lowest BCUT2D eigenvalue weighted by Gasteiger charge is -2.54. The Morgan fingerprint density at radius 1 is 0.897 bits per heavy atom. The van der Waals surface area contributed by atoms with Crippen molar-refractivity contribution in [1.82, 2.24) is 9.80 Å². The van der Waals surface area contributed by atoms with E-state index in [9.17, 15) is 4.79 Å². The van der Waals surface area contributed by atoms with E-state index in [4.69, 9.17) is 4.74 Å². The van der Waals surface area contributed by atoms with E-state index >= 15 is 0 Å². The summed E-state index contributed by atoms with van der Waals surface area (Å²) >= 11 is 0. The maximum Gasteiger partial charge on any atom is 0.410 e. The largest absolute Gasteiger partial charge is 0.444 e. The Morgan fingerprint density at radius 2 is 1.38 bits per heavy atom. The van der Waals surface area contributed by atoms with Gasteiger partial charge in [-0.25, -0.2) is 4.79 Å². The number of benzene rings is 2. The lowest BCUT2D eigenvalue weighted by atomic mass is 9.71. The van der Waals surface area contributed by atoms with Crippen molar-refractivity contribution in [1.29, 1.82) is 0 Å². The lowest BCUT2D eigenvalue weighted by molar-refractivity contribution is -0.0623. The van der Waals surface area contributed by atoms with Gasteiger partial charge < -0.3 is 9.64 Å². The molecule has 2 fully saturated rings. The number of rotatable bonds is 3. The highest BCUT2D eigenvalue weighted by Gasteiger charge is 2.48. The third kappa shape index (κ3) is 4.48. The molecule has 4 rings (SSSR count). The van der Waals surface area contributed by atoms with Gasteiger partial charge in [-0.15, -0.1) is 0 Å². The molecule has 0 aromatic heterocycles. The summed E-state index contributed by atoms with van der Waals surface area (Å²) in [5.41, 5.74) is 2.53. The molecule has 154 valence electrons. The summed E-state index contributed by atoms with van der Waals surface area (Å²) < 4.78 is 5.53. The van der Waals surface area contributed by atoms with Crippen LogP contribution in [0.5, 0.6) is 0 Å². The van der Waals surface area contributed by atoms with Crippen LogP contribution in [-0.4, -0.2) is 47.7 Å². The Kier molecular flexibility index (Phi) is 5.39. The molecule has 4 nitrogen and oxygen atoms in total. The van der Waals surface area contributed by atoms with Gasteiger partial charge in [-0.2, -0.15) is 0 Å². The van der Waals surface area contributed by atoms with Crippen molar-refractivity contribution in [2.45, 2.75) is 45.3 Å². The molecule has 2 heterocycles. The minimum atomic E-state index is -0.429. The molecule has 0 atom stereocenters. The van der Waals surface area contributed by atoms with Gasteiger partial charge in [0.1, 0.15) is 5.60 Å². The van der Waals surface area contributed by atoms with Gasteiger partial charge in [0.15, 0.2) is 0 Å². The zero-order valence-electron chi connectivity index (χ0n) is 17.8. The Hall–Kier alpha value is -2.33. The van der Waals surface area contributed by atoms with Gasteiger partial charge in [-0.1, -0.05) is 60.7 Å². The quantitative estimate of drug-likeness (QED) is 0.728. The highest BCUT2D eigenvalue weighted by Crippen LogP contribution is 2.43. The molecule has 2 aromatic rings. The number of carbonyl (C=O) groups is 1. The lowest BCUT2D eigenvalue weighted by Crippen LogP contribution is -2.62. The summed E-state index contributed by atoms with van der Waals surface area (Å²) in [5.74, 6) is 0. The van der Waals surface area contributed by atoms with E-state index in [2.05, 4.69) is 65.6 Å². The zero-order valence-corrected chi connectivity index (χ0v) is 17.8. The molecule has 2 aromatic carbocycles. The van der Waals surface area contributed by atoms with Crippen LogP contribution in [0.2, 0.25) is 0 Å². The molecule has 2 aliphatic heterocycles. The van der Waals surface area contributed by atoms with E-state index in [0.29, 0.717) is 0 Å². The van der Waals surface area contributed by atoms with Crippen LogP contribution in [0.4, 0.5) is 4.79 Å². The molecular weight excluding hydrogens is 360 g/mol. The molecule has 0 unspecified atom stereocenters. The molecule has 0 aliphatic carbocycles. The Balaban J connectivity index is 1.41. The first kappa shape index (κ1) is 20.0.